The molecule has 0 bridgehead atoms. The van der Waals surface area contributed by atoms with Crippen LogP contribution < -0.4 is 16.6 Å². The van der Waals surface area contributed by atoms with Gasteiger partial charge in [0.15, 0.2) is 11.5 Å². The maximum atomic E-state index is 11.9. The summed E-state index contributed by atoms with van der Waals surface area (Å²) in [5.41, 5.74) is 6.27. The van der Waals surface area contributed by atoms with Crippen LogP contribution in [0.2, 0.25) is 0 Å². The number of nitrogen functional groups attached to an aromatic ring is 1. The second-order valence-electron chi connectivity index (χ2n) is 4.48. The van der Waals surface area contributed by atoms with Gasteiger partial charge in [0.1, 0.15) is 0 Å². The number of nitrogens with zero attached hydrogens (tertiary/aromatic N) is 3. The average Bonchev–Trinajstić information content (AvgIpc) is 2.18. The highest BCUT2D eigenvalue weighted by atomic mass is 16.1. The Morgan fingerprint density at radius 1 is 1.44 bits per heavy atom. The molecule has 1 aromatic heterocycles. The van der Waals surface area contributed by atoms with Crippen molar-refractivity contribution in [3.8, 4) is 0 Å². The third-order valence-electron chi connectivity index (χ3n) is 2.92. The lowest BCUT2D eigenvalue weighted by Crippen LogP contribution is -2.42. The van der Waals surface area contributed by atoms with Crippen LogP contribution in [0.5, 0.6) is 0 Å². The second kappa shape index (κ2) is 3.07. The van der Waals surface area contributed by atoms with Crippen LogP contribution in [0, 0.1) is 0 Å². The van der Waals surface area contributed by atoms with Gasteiger partial charge in [-0.25, -0.2) is 4.99 Å². The molecule has 0 saturated heterocycles. The first-order valence-electron chi connectivity index (χ1n) is 5.03. The van der Waals surface area contributed by atoms with Crippen molar-refractivity contribution in [2.45, 2.75) is 26.3 Å². The Hall–Kier alpha value is -1.85. The normalized spacial score (nSPS) is 17.4. The first-order valence-corrected chi connectivity index (χ1v) is 5.03. The minimum absolute atomic E-state index is 0.182. The summed E-state index contributed by atoms with van der Waals surface area (Å²) in [6.45, 7) is 5.83. The average molecular weight is 221 g/mol. The fourth-order valence-electron chi connectivity index (χ4n) is 1.49. The summed E-state index contributed by atoms with van der Waals surface area (Å²) in [6.07, 6.45) is 0. The summed E-state index contributed by atoms with van der Waals surface area (Å²) in [6, 6.07) is 0. The van der Waals surface area contributed by atoms with Gasteiger partial charge in [0.2, 0.25) is 5.95 Å². The Kier molecular flexibility index (Phi) is 2.04. The molecular weight excluding hydrogens is 206 g/mol. The van der Waals surface area contributed by atoms with Gasteiger partial charge in [-0.3, -0.25) is 9.36 Å². The molecule has 6 nitrogen and oxygen atoms in total. The maximum absolute atomic E-state index is 11.9. The van der Waals surface area contributed by atoms with Crippen molar-refractivity contribution in [3.63, 3.8) is 0 Å². The Balaban J connectivity index is 2.74. The first-order chi connectivity index (χ1) is 7.33. The van der Waals surface area contributed by atoms with Gasteiger partial charge >= 0.3 is 0 Å². The van der Waals surface area contributed by atoms with E-state index in [4.69, 9.17) is 5.73 Å². The molecule has 0 spiro atoms. The van der Waals surface area contributed by atoms with E-state index >= 15 is 0 Å². The van der Waals surface area contributed by atoms with E-state index in [1.807, 2.05) is 20.8 Å². The van der Waals surface area contributed by atoms with Crippen molar-refractivity contribution in [1.29, 1.82) is 0 Å². The third kappa shape index (κ3) is 1.37. The number of hydrogen-bond donors (Lipinski definition) is 2. The van der Waals surface area contributed by atoms with Gasteiger partial charge in [-0.1, -0.05) is 0 Å². The zero-order valence-corrected chi connectivity index (χ0v) is 9.83. The van der Waals surface area contributed by atoms with E-state index in [-0.39, 0.29) is 17.0 Å². The quantitative estimate of drug-likeness (QED) is 0.674. The van der Waals surface area contributed by atoms with E-state index in [2.05, 4.69) is 15.3 Å². The molecule has 0 saturated carbocycles. The van der Waals surface area contributed by atoms with Crippen molar-refractivity contribution in [2.24, 2.45) is 12.0 Å². The number of anilines is 2. The molecule has 0 aromatic carbocycles. The summed E-state index contributed by atoms with van der Waals surface area (Å²) in [5, 5.41) is 3.16. The van der Waals surface area contributed by atoms with E-state index in [0.717, 1.165) is 5.71 Å². The van der Waals surface area contributed by atoms with Crippen molar-refractivity contribution < 1.29 is 0 Å². The minimum Gasteiger partial charge on any atom is -0.369 e. The van der Waals surface area contributed by atoms with Crippen LogP contribution in [-0.2, 0) is 7.05 Å². The Bertz CT molecular complexity index is 541. The van der Waals surface area contributed by atoms with Crippen molar-refractivity contribution in [2.75, 3.05) is 11.1 Å². The standard InChI is InChI=1S/C10H15N5O/c1-5-10(2,3)14-7-6(12-5)8(16)15(4)9(11)13-7/h14H,1-4H3,(H2,11,13). The summed E-state index contributed by atoms with van der Waals surface area (Å²) in [5.74, 6) is 0.637. The molecule has 0 atom stereocenters. The van der Waals surface area contributed by atoms with E-state index in [9.17, 15) is 4.79 Å². The molecule has 1 aliphatic rings. The SMILES string of the molecule is CC1=Nc2c(nc(N)n(C)c2=O)NC1(C)C. The topological polar surface area (TPSA) is 85.3 Å². The Labute approximate surface area is 93.2 Å². The zero-order chi connectivity index (χ0) is 12.1. The van der Waals surface area contributed by atoms with Crippen LogP contribution in [0.15, 0.2) is 9.79 Å². The highest BCUT2D eigenvalue weighted by Crippen LogP contribution is 2.29. The number of rotatable bonds is 0. The van der Waals surface area contributed by atoms with E-state index in [1.54, 1.807) is 7.05 Å². The van der Waals surface area contributed by atoms with Gasteiger partial charge in [-0.05, 0) is 20.8 Å². The highest BCUT2D eigenvalue weighted by molar-refractivity contribution is 5.98. The maximum Gasteiger partial charge on any atom is 0.282 e. The Morgan fingerprint density at radius 2 is 2.06 bits per heavy atom. The molecule has 1 aliphatic heterocycles. The van der Waals surface area contributed by atoms with E-state index < -0.39 is 0 Å². The fraction of sp³-hybridized carbons (Fsp3) is 0.500. The predicted molar refractivity (Wildman–Crippen MR) is 64.4 cm³/mol. The van der Waals surface area contributed by atoms with Crippen LogP contribution in [0.1, 0.15) is 20.8 Å². The van der Waals surface area contributed by atoms with Crippen molar-refractivity contribution in [1.82, 2.24) is 9.55 Å². The largest absolute Gasteiger partial charge is 0.369 e. The Morgan fingerprint density at radius 3 is 2.69 bits per heavy atom. The molecule has 2 rings (SSSR count). The first kappa shape index (κ1) is 10.7. The molecule has 0 amide bonds. The van der Waals surface area contributed by atoms with Gasteiger partial charge in [0, 0.05) is 12.8 Å². The van der Waals surface area contributed by atoms with Gasteiger partial charge in [-0.2, -0.15) is 4.98 Å². The molecule has 0 radical (unpaired) electrons. The lowest BCUT2D eigenvalue weighted by atomic mass is 9.98. The smallest absolute Gasteiger partial charge is 0.282 e. The summed E-state index contributed by atoms with van der Waals surface area (Å²) >= 11 is 0. The molecule has 2 heterocycles. The molecule has 86 valence electrons. The number of aliphatic imine (C=N–C) groups is 1. The second-order valence-corrected chi connectivity index (χ2v) is 4.48. The van der Waals surface area contributed by atoms with E-state index in [1.165, 1.54) is 4.57 Å². The summed E-state index contributed by atoms with van der Waals surface area (Å²) in [4.78, 5) is 20.3. The zero-order valence-electron chi connectivity index (χ0n) is 9.83. The molecule has 0 aliphatic carbocycles. The molecule has 3 N–H and O–H groups in total. The number of nitrogens with two attached hydrogens (primary N) is 1. The van der Waals surface area contributed by atoms with Gasteiger partial charge in [0.05, 0.1) is 5.54 Å². The molecular formula is C10H15N5O. The lowest BCUT2D eigenvalue weighted by Gasteiger charge is -2.31. The molecule has 6 heteroatoms. The van der Waals surface area contributed by atoms with Crippen LogP contribution in [-0.4, -0.2) is 20.8 Å². The number of aromatic nitrogens is 2. The summed E-state index contributed by atoms with van der Waals surface area (Å²) in [7, 11) is 1.58. The fourth-order valence-corrected chi connectivity index (χ4v) is 1.49. The number of fused-ring (bicyclic) bond motifs is 1. The molecule has 0 unspecified atom stereocenters. The third-order valence-corrected chi connectivity index (χ3v) is 2.92. The van der Waals surface area contributed by atoms with Crippen molar-refractivity contribution in [3.05, 3.63) is 10.4 Å². The van der Waals surface area contributed by atoms with Crippen molar-refractivity contribution >= 4 is 23.2 Å². The summed E-state index contributed by atoms with van der Waals surface area (Å²) < 4.78 is 1.29. The predicted octanol–water partition coefficient (Wildman–Crippen LogP) is 0.659. The van der Waals surface area contributed by atoms with E-state index in [0.29, 0.717) is 11.5 Å². The van der Waals surface area contributed by atoms with Gasteiger partial charge in [-0.15, -0.1) is 0 Å². The minimum atomic E-state index is -0.307. The highest BCUT2D eigenvalue weighted by Gasteiger charge is 2.29. The van der Waals surface area contributed by atoms with Crippen LogP contribution in [0.4, 0.5) is 17.5 Å². The molecule has 1 aromatic rings. The van der Waals surface area contributed by atoms with Crippen LogP contribution in [0.3, 0.4) is 0 Å². The van der Waals surface area contributed by atoms with Gasteiger partial charge < -0.3 is 11.1 Å². The van der Waals surface area contributed by atoms with Crippen LogP contribution in [0.25, 0.3) is 0 Å². The monoisotopic (exact) mass is 221 g/mol. The lowest BCUT2D eigenvalue weighted by molar-refractivity contribution is 0.730. The van der Waals surface area contributed by atoms with Gasteiger partial charge in [0.25, 0.3) is 5.56 Å². The number of hydrogen-bond acceptors (Lipinski definition) is 5. The number of nitrogens with one attached hydrogen (secondary N) is 1. The molecule has 16 heavy (non-hydrogen) atoms. The van der Waals surface area contributed by atoms with Crippen LogP contribution >= 0.6 is 0 Å². The molecule has 0 fully saturated rings.